The van der Waals surface area contributed by atoms with Crippen LogP contribution in [-0.2, 0) is 6.54 Å². The summed E-state index contributed by atoms with van der Waals surface area (Å²) in [4.78, 5) is 4.19. The number of aryl methyl sites for hydroxylation is 1. The third-order valence-electron chi connectivity index (χ3n) is 4.45. The van der Waals surface area contributed by atoms with Crippen LogP contribution in [0.25, 0.3) is 0 Å². The van der Waals surface area contributed by atoms with Crippen LogP contribution in [0.3, 0.4) is 0 Å². The summed E-state index contributed by atoms with van der Waals surface area (Å²) < 4.78 is 5.20. The molecule has 1 fully saturated rings. The Hall–Kier alpha value is -1.87. The maximum atomic E-state index is 5.20. The highest BCUT2D eigenvalue weighted by atomic mass is 16.5. The maximum Gasteiger partial charge on any atom is 0.118 e. The summed E-state index contributed by atoms with van der Waals surface area (Å²) in [6, 6.07) is 11.2. The second-order valence-corrected chi connectivity index (χ2v) is 5.82. The zero-order chi connectivity index (χ0) is 14.7. The minimum absolute atomic E-state index is 0.622. The Labute approximate surface area is 126 Å². The van der Waals surface area contributed by atoms with E-state index in [1.165, 1.54) is 29.5 Å². The van der Waals surface area contributed by atoms with E-state index < -0.39 is 0 Å². The smallest absolute Gasteiger partial charge is 0.118 e. The Kier molecular flexibility index (Phi) is 4.20. The van der Waals surface area contributed by atoms with Gasteiger partial charge in [0.1, 0.15) is 5.75 Å². The van der Waals surface area contributed by atoms with Gasteiger partial charge >= 0.3 is 0 Å². The highest BCUT2D eigenvalue weighted by Crippen LogP contribution is 2.37. The van der Waals surface area contributed by atoms with Gasteiger partial charge in [-0.05, 0) is 60.6 Å². The molecule has 2 aromatic rings. The van der Waals surface area contributed by atoms with E-state index in [0.29, 0.717) is 12.0 Å². The van der Waals surface area contributed by atoms with Gasteiger partial charge in [-0.15, -0.1) is 0 Å². The fourth-order valence-corrected chi connectivity index (χ4v) is 2.87. The number of aromatic nitrogens is 1. The first-order valence-corrected chi connectivity index (χ1v) is 7.53. The van der Waals surface area contributed by atoms with E-state index in [9.17, 15) is 0 Å². The summed E-state index contributed by atoms with van der Waals surface area (Å²) in [5.41, 5.74) is 4.03. The molecule has 0 radical (unpaired) electrons. The van der Waals surface area contributed by atoms with Crippen molar-refractivity contribution < 1.29 is 4.74 Å². The number of rotatable bonds is 5. The zero-order valence-corrected chi connectivity index (χ0v) is 12.7. The van der Waals surface area contributed by atoms with E-state index in [1.54, 1.807) is 7.11 Å². The van der Waals surface area contributed by atoms with Crippen molar-refractivity contribution in [2.24, 2.45) is 0 Å². The molecular weight excluding hydrogens is 260 g/mol. The quantitative estimate of drug-likeness (QED) is 0.912. The fourth-order valence-electron chi connectivity index (χ4n) is 2.87. The first-order valence-electron chi connectivity index (χ1n) is 7.53. The predicted octanol–water partition coefficient (Wildman–Crippen LogP) is 3.43. The van der Waals surface area contributed by atoms with Gasteiger partial charge in [-0.3, -0.25) is 4.98 Å². The first kappa shape index (κ1) is 14.1. The molecule has 1 heterocycles. The number of nitrogens with zero attached hydrogens (tertiary/aromatic N) is 1. The molecule has 0 aliphatic heterocycles. The third-order valence-corrected chi connectivity index (χ3v) is 4.45. The minimum Gasteiger partial charge on any atom is -0.497 e. The van der Waals surface area contributed by atoms with E-state index in [0.717, 1.165) is 12.3 Å². The van der Waals surface area contributed by atoms with E-state index in [-0.39, 0.29) is 0 Å². The van der Waals surface area contributed by atoms with E-state index in [4.69, 9.17) is 4.74 Å². The van der Waals surface area contributed by atoms with Crippen LogP contribution < -0.4 is 10.1 Å². The molecule has 3 heteroatoms. The highest BCUT2D eigenvalue weighted by molar-refractivity contribution is 5.31. The number of nitrogens with one attached hydrogen (secondary N) is 1. The van der Waals surface area contributed by atoms with E-state index in [2.05, 4.69) is 47.6 Å². The largest absolute Gasteiger partial charge is 0.497 e. The molecule has 0 atom stereocenters. The summed E-state index contributed by atoms with van der Waals surface area (Å²) in [5, 5.41) is 3.63. The molecule has 0 unspecified atom stereocenters. The van der Waals surface area contributed by atoms with Crippen LogP contribution in [0.4, 0.5) is 0 Å². The zero-order valence-electron chi connectivity index (χ0n) is 12.7. The van der Waals surface area contributed by atoms with Gasteiger partial charge in [-0.2, -0.15) is 0 Å². The van der Waals surface area contributed by atoms with Gasteiger partial charge in [-0.1, -0.05) is 12.1 Å². The third kappa shape index (κ3) is 3.24. The SMILES string of the molecule is COc1ccc(C2CC(NCc3cnccc3C)C2)cc1. The standard InChI is InChI=1S/C18H22N2O/c1-13-7-8-19-11-16(13)12-20-17-9-15(10-17)14-3-5-18(21-2)6-4-14/h3-8,11,15,17,20H,9-10,12H2,1-2H3. The van der Waals surface area contributed by atoms with Crippen LogP contribution in [0.5, 0.6) is 5.75 Å². The fraction of sp³-hybridized carbons (Fsp3) is 0.389. The second kappa shape index (κ2) is 6.27. The molecule has 1 aliphatic carbocycles. The van der Waals surface area contributed by atoms with E-state index >= 15 is 0 Å². The number of pyridine rings is 1. The Balaban J connectivity index is 1.48. The summed E-state index contributed by atoms with van der Waals surface area (Å²) in [6.45, 7) is 3.05. The van der Waals surface area contributed by atoms with Gasteiger partial charge in [-0.25, -0.2) is 0 Å². The monoisotopic (exact) mass is 282 g/mol. The van der Waals surface area contributed by atoms with Crippen molar-refractivity contribution in [1.82, 2.24) is 10.3 Å². The van der Waals surface area contributed by atoms with Crippen LogP contribution in [0.15, 0.2) is 42.7 Å². The Bertz CT molecular complexity index is 588. The topological polar surface area (TPSA) is 34.1 Å². The lowest BCUT2D eigenvalue weighted by atomic mass is 9.76. The normalized spacial score (nSPS) is 20.9. The van der Waals surface area contributed by atoms with Gasteiger partial charge in [0.25, 0.3) is 0 Å². The molecule has 21 heavy (non-hydrogen) atoms. The molecule has 1 N–H and O–H groups in total. The van der Waals surface area contributed by atoms with Gasteiger partial charge in [0.05, 0.1) is 7.11 Å². The van der Waals surface area contributed by atoms with E-state index in [1.807, 2.05) is 12.4 Å². The van der Waals surface area contributed by atoms with Crippen LogP contribution in [0, 0.1) is 6.92 Å². The molecule has 0 bridgehead atoms. The molecule has 1 aromatic carbocycles. The van der Waals surface area contributed by atoms with Crippen LogP contribution in [0.2, 0.25) is 0 Å². The van der Waals surface area contributed by atoms with Crippen molar-refractivity contribution in [3.63, 3.8) is 0 Å². The Morgan fingerprint density at radius 1 is 1.19 bits per heavy atom. The van der Waals surface area contributed by atoms with Crippen LogP contribution in [-0.4, -0.2) is 18.1 Å². The Morgan fingerprint density at radius 3 is 2.62 bits per heavy atom. The molecule has 3 nitrogen and oxygen atoms in total. The lowest BCUT2D eigenvalue weighted by molar-refractivity contribution is 0.289. The molecule has 0 spiro atoms. The number of hydrogen-bond acceptors (Lipinski definition) is 3. The molecular formula is C18H22N2O. The molecule has 1 saturated carbocycles. The summed E-state index contributed by atoms with van der Waals surface area (Å²) >= 11 is 0. The molecule has 1 aromatic heterocycles. The minimum atomic E-state index is 0.622. The van der Waals surface area contributed by atoms with Crippen molar-refractivity contribution >= 4 is 0 Å². The molecule has 0 amide bonds. The number of methoxy groups -OCH3 is 1. The summed E-state index contributed by atoms with van der Waals surface area (Å²) in [6.07, 6.45) is 6.24. The van der Waals surface area contributed by atoms with Crippen molar-refractivity contribution in [2.45, 2.75) is 38.3 Å². The predicted molar refractivity (Wildman–Crippen MR) is 84.6 cm³/mol. The average Bonchev–Trinajstić information content (AvgIpc) is 2.48. The molecule has 0 saturated heterocycles. The van der Waals surface area contributed by atoms with Gasteiger partial charge in [0.2, 0.25) is 0 Å². The number of benzene rings is 1. The van der Waals surface area contributed by atoms with Crippen molar-refractivity contribution in [2.75, 3.05) is 7.11 Å². The summed E-state index contributed by atoms with van der Waals surface area (Å²) in [5.74, 6) is 1.61. The van der Waals surface area contributed by atoms with Crippen LogP contribution in [0.1, 0.15) is 35.4 Å². The lowest BCUT2D eigenvalue weighted by Gasteiger charge is -2.36. The van der Waals surface area contributed by atoms with Crippen molar-refractivity contribution in [3.05, 3.63) is 59.4 Å². The highest BCUT2D eigenvalue weighted by Gasteiger charge is 2.29. The van der Waals surface area contributed by atoms with Crippen molar-refractivity contribution in [3.8, 4) is 5.75 Å². The number of ether oxygens (including phenoxy) is 1. The maximum absolute atomic E-state index is 5.20. The summed E-state index contributed by atoms with van der Waals surface area (Å²) in [7, 11) is 1.71. The lowest BCUT2D eigenvalue weighted by Crippen LogP contribution is -2.39. The second-order valence-electron chi connectivity index (χ2n) is 5.82. The van der Waals surface area contributed by atoms with Crippen molar-refractivity contribution in [1.29, 1.82) is 0 Å². The van der Waals surface area contributed by atoms with Gasteiger partial charge in [0.15, 0.2) is 0 Å². The average molecular weight is 282 g/mol. The van der Waals surface area contributed by atoms with Crippen LogP contribution >= 0.6 is 0 Å². The van der Waals surface area contributed by atoms with Gasteiger partial charge in [0, 0.05) is 25.0 Å². The Morgan fingerprint density at radius 2 is 1.95 bits per heavy atom. The molecule has 110 valence electrons. The molecule has 1 aliphatic rings. The van der Waals surface area contributed by atoms with Gasteiger partial charge < -0.3 is 10.1 Å². The number of hydrogen-bond donors (Lipinski definition) is 1. The first-order chi connectivity index (χ1) is 10.3. The molecule has 3 rings (SSSR count).